The quantitative estimate of drug-likeness (QED) is 0.328. The lowest BCUT2D eigenvalue weighted by Gasteiger charge is -2.10. The van der Waals surface area contributed by atoms with Crippen molar-refractivity contribution in [1.82, 2.24) is 0 Å². The van der Waals surface area contributed by atoms with E-state index < -0.39 is 11.8 Å². The van der Waals surface area contributed by atoms with Gasteiger partial charge in [0.1, 0.15) is 17.3 Å². The van der Waals surface area contributed by atoms with Crippen LogP contribution in [0.1, 0.15) is 31.8 Å². The van der Waals surface area contributed by atoms with Gasteiger partial charge in [0, 0.05) is 5.56 Å². The molecule has 0 saturated heterocycles. The summed E-state index contributed by atoms with van der Waals surface area (Å²) < 4.78 is 24.9. The van der Waals surface area contributed by atoms with Gasteiger partial charge in [-0.1, -0.05) is 54.6 Å². The second-order valence-corrected chi connectivity index (χ2v) is 6.67. The molecule has 30 heavy (non-hydrogen) atoms. The Hall–Kier alpha value is -3.99. The van der Waals surface area contributed by atoms with Crippen LogP contribution in [-0.2, 0) is 0 Å². The van der Waals surface area contributed by atoms with Gasteiger partial charge in [0.25, 0.3) is 0 Å². The highest BCUT2D eigenvalue weighted by atomic mass is 19.1. The fourth-order valence-corrected chi connectivity index (χ4v) is 3.09. The van der Waals surface area contributed by atoms with Crippen molar-refractivity contribution in [3.63, 3.8) is 0 Å². The fourth-order valence-electron chi connectivity index (χ4n) is 3.09. The van der Waals surface area contributed by atoms with Gasteiger partial charge >= 0.3 is 5.97 Å². The highest BCUT2D eigenvalue weighted by Crippen LogP contribution is 2.39. The Morgan fingerprint density at radius 2 is 1.73 bits per heavy atom. The third-order valence-corrected chi connectivity index (χ3v) is 4.67. The molecule has 0 unspecified atom stereocenters. The van der Waals surface area contributed by atoms with Crippen molar-refractivity contribution in [3.8, 4) is 11.5 Å². The number of ketones is 1. The number of allylic oxidation sites excluding steroid dienone is 3. The maximum Gasteiger partial charge on any atom is 0.346 e. The molecule has 3 aromatic rings. The number of carbonyl (C=O) groups excluding carboxylic acids is 2. The molecule has 0 fully saturated rings. The Kier molecular flexibility index (Phi) is 5.26. The lowest BCUT2D eigenvalue weighted by Crippen LogP contribution is -2.11. The third kappa shape index (κ3) is 3.78. The maximum absolute atomic E-state index is 13.8. The Morgan fingerprint density at radius 1 is 1.00 bits per heavy atom. The van der Waals surface area contributed by atoms with Crippen molar-refractivity contribution in [2.45, 2.75) is 6.92 Å². The molecule has 0 radical (unpaired) electrons. The average molecular weight is 400 g/mol. The monoisotopic (exact) mass is 400 g/mol. The number of hydrogen-bond donors (Lipinski definition) is 0. The van der Waals surface area contributed by atoms with Crippen LogP contribution in [0.25, 0.3) is 6.08 Å². The summed E-state index contributed by atoms with van der Waals surface area (Å²) in [6.45, 7) is 1.68. The number of hydrogen-bond acceptors (Lipinski definition) is 4. The van der Waals surface area contributed by atoms with Crippen LogP contribution in [0.5, 0.6) is 11.5 Å². The topological polar surface area (TPSA) is 52.6 Å². The molecule has 0 saturated carbocycles. The number of benzene rings is 3. The minimum absolute atomic E-state index is 0.166. The molecule has 1 aliphatic rings. The third-order valence-electron chi connectivity index (χ3n) is 4.67. The summed E-state index contributed by atoms with van der Waals surface area (Å²) in [7, 11) is 0. The lowest BCUT2D eigenvalue weighted by atomic mass is 10.1. The first-order valence-electron chi connectivity index (χ1n) is 9.31. The van der Waals surface area contributed by atoms with E-state index in [4.69, 9.17) is 9.47 Å². The number of Topliss-reactive ketones (excluding diaryl/α,β-unsaturated/α-hetero) is 1. The minimum Gasteiger partial charge on any atom is -0.452 e. The number of rotatable bonds is 4. The molecule has 0 atom stereocenters. The summed E-state index contributed by atoms with van der Waals surface area (Å²) >= 11 is 0. The molecule has 5 heteroatoms. The largest absolute Gasteiger partial charge is 0.452 e. The molecule has 1 heterocycles. The first-order chi connectivity index (χ1) is 14.5. The van der Waals surface area contributed by atoms with Crippen molar-refractivity contribution in [2.24, 2.45) is 0 Å². The van der Waals surface area contributed by atoms with Crippen LogP contribution in [-0.4, -0.2) is 11.8 Å². The van der Waals surface area contributed by atoms with Gasteiger partial charge < -0.3 is 9.47 Å². The van der Waals surface area contributed by atoms with E-state index in [9.17, 15) is 14.0 Å². The first-order valence-corrected chi connectivity index (χ1v) is 9.31. The van der Waals surface area contributed by atoms with Gasteiger partial charge in [-0.2, -0.15) is 0 Å². The Balaban J connectivity index is 1.56. The van der Waals surface area contributed by atoms with Gasteiger partial charge in [-0.25, -0.2) is 9.18 Å². The Labute approximate surface area is 172 Å². The Bertz CT molecular complexity index is 1190. The maximum atomic E-state index is 13.8. The Morgan fingerprint density at radius 3 is 2.50 bits per heavy atom. The SMILES string of the molecule is Cc1c(OC(=O)c2ccccc2F)ccc2c1O/C(=C\C=C\c1ccccc1)C2=O. The summed E-state index contributed by atoms with van der Waals surface area (Å²) in [5, 5.41) is 0. The smallest absolute Gasteiger partial charge is 0.346 e. The molecular formula is C25H17FO4. The van der Waals surface area contributed by atoms with Crippen molar-refractivity contribution in [2.75, 3.05) is 0 Å². The molecule has 3 aromatic carbocycles. The second-order valence-electron chi connectivity index (χ2n) is 6.67. The standard InChI is InChI=1S/C25H17FO4/c1-16-21(30-25(28)18-11-5-6-12-20(18)26)15-14-19-23(27)22(29-24(16)19)13-7-10-17-8-3-2-4-9-17/h2-15H,1H3/b10-7+,22-13-. The van der Waals surface area contributed by atoms with Crippen molar-refractivity contribution in [3.05, 3.63) is 113 Å². The van der Waals surface area contributed by atoms with Gasteiger partial charge in [0.05, 0.1) is 11.1 Å². The van der Waals surface area contributed by atoms with Gasteiger partial charge in [-0.05, 0) is 42.8 Å². The van der Waals surface area contributed by atoms with Gasteiger partial charge in [0.2, 0.25) is 5.78 Å². The van der Waals surface area contributed by atoms with Crippen molar-refractivity contribution >= 4 is 17.8 Å². The van der Waals surface area contributed by atoms with Crippen LogP contribution in [0.2, 0.25) is 0 Å². The molecule has 148 valence electrons. The molecule has 4 nitrogen and oxygen atoms in total. The number of esters is 1. The summed E-state index contributed by atoms with van der Waals surface area (Å²) in [4.78, 5) is 24.9. The zero-order valence-corrected chi connectivity index (χ0v) is 16.1. The molecular weight excluding hydrogens is 383 g/mol. The van der Waals surface area contributed by atoms with Crippen molar-refractivity contribution < 1.29 is 23.5 Å². The number of fused-ring (bicyclic) bond motifs is 1. The van der Waals surface area contributed by atoms with Crippen molar-refractivity contribution in [1.29, 1.82) is 0 Å². The normalized spacial score (nSPS) is 14.1. The summed E-state index contributed by atoms with van der Waals surface area (Å²) in [5.41, 5.74) is 1.70. The molecule has 0 aromatic heterocycles. The zero-order valence-electron chi connectivity index (χ0n) is 16.1. The molecule has 1 aliphatic heterocycles. The average Bonchev–Trinajstić information content (AvgIpc) is 3.07. The highest BCUT2D eigenvalue weighted by Gasteiger charge is 2.30. The predicted molar refractivity (Wildman–Crippen MR) is 111 cm³/mol. The van der Waals surface area contributed by atoms with Crippen LogP contribution < -0.4 is 9.47 Å². The fraction of sp³-hybridized carbons (Fsp3) is 0.0400. The van der Waals surface area contributed by atoms with Crippen LogP contribution in [0, 0.1) is 12.7 Å². The first kappa shape index (κ1) is 19.3. The van der Waals surface area contributed by atoms with E-state index in [1.54, 1.807) is 25.1 Å². The van der Waals surface area contributed by atoms with Crippen LogP contribution in [0.4, 0.5) is 4.39 Å². The predicted octanol–water partition coefficient (Wildman–Crippen LogP) is 5.53. The molecule has 4 rings (SSSR count). The van der Waals surface area contributed by atoms with E-state index in [1.165, 1.54) is 30.3 Å². The van der Waals surface area contributed by atoms with E-state index in [1.807, 2.05) is 36.4 Å². The molecule has 0 amide bonds. The lowest BCUT2D eigenvalue weighted by molar-refractivity contribution is 0.0728. The minimum atomic E-state index is -0.818. The number of halogens is 1. The molecule has 0 N–H and O–H groups in total. The van der Waals surface area contributed by atoms with E-state index in [0.717, 1.165) is 5.56 Å². The van der Waals surface area contributed by atoms with Crippen LogP contribution >= 0.6 is 0 Å². The second kappa shape index (κ2) is 8.17. The van der Waals surface area contributed by atoms with E-state index >= 15 is 0 Å². The van der Waals surface area contributed by atoms with Gasteiger partial charge in [-0.3, -0.25) is 4.79 Å². The molecule has 0 bridgehead atoms. The highest BCUT2D eigenvalue weighted by molar-refractivity contribution is 6.13. The summed E-state index contributed by atoms with van der Waals surface area (Å²) in [5.74, 6) is -1.02. The zero-order chi connectivity index (χ0) is 21.1. The van der Waals surface area contributed by atoms with E-state index in [2.05, 4.69) is 0 Å². The number of ether oxygens (including phenoxy) is 2. The number of carbonyl (C=O) groups is 2. The van der Waals surface area contributed by atoms with Crippen LogP contribution in [0.15, 0.2) is 84.6 Å². The summed E-state index contributed by atoms with van der Waals surface area (Å²) in [6, 6.07) is 18.3. The van der Waals surface area contributed by atoms with Crippen LogP contribution in [0.3, 0.4) is 0 Å². The molecule has 0 spiro atoms. The molecule has 0 aliphatic carbocycles. The van der Waals surface area contributed by atoms with Gasteiger partial charge in [0.15, 0.2) is 5.76 Å². The van der Waals surface area contributed by atoms with E-state index in [-0.39, 0.29) is 22.9 Å². The summed E-state index contributed by atoms with van der Waals surface area (Å²) in [6.07, 6.45) is 5.20. The van der Waals surface area contributed by atoms with Gasteiger partial charge in [-0.15, -0.1) is 0 Å². The van der Waals surface area contributed by atoms with E-state index in [0.29, 0.717) is 16.9 Å².